The predicted molar refractivity (Wildman–Crippen MR) is 67.6 cm³/mol. The van der Waals surface area contributed by atoms with Crippen molar-refractivity contribution in [2.24, 2.45) is 5.14 Å². The lowest BCUT2D eigenvalue weighted by atomic mass is 10.2. The maximum atomic E-state index is 13.6. The number of nitrogens with two attached hydrogens (primary N) is 1. The molecular weight excluding hydrogens is 275 g/mol. The van der Waals surface area contributed by atoms with Crippen molar-refractivity contribution < 1.29 is 22.3 Å². The molecule has 8 heteroatoms. The number of ether oxygens (including phenoxy) is 1. The quantitative estimate of drug-likeness (QED) is 0.867. The average Bonchev–Trinajstić information content (AvgIpc) is 2.16. The number of sulfonamides is 1. The number of primary sulfonamides is 1. The van der Waals surface area contributed by atoms with Gasteiger partial charge in [0.15, 0.2) is 0 Å². The van der Waals surface area contributed by atoms with Crippen molar-refractivity contribution >= 4 is 21.8 Å². The predicted octanol–water partition coefficient (Wildman–Crippen LogP) is 1.82. The van der Waals surface area contributed by atoms with Crippen LogP contribution in [-0.4, -0.2) is 20.1 Å². The van der Waals surface area contributed by atoms with E-state index in [0.29, 0.717) is 0 Å². The maximum absolute atomic E-state index is 13.6. The van der Waals surface area contributed by atoms with E-state index in [4.69, 9.17) is 9.88 Å². The Hall–Kier alpha value is -1.67. The van der Waals surface area contributed by atoms with Gasteiger partial charge in [-0.05, 0) is 39.0 Å². The summed E-state index contributed by atoms with van der Waals surface area (Å²) in [6.45, 7) is 4.98. The number of amides is 1. The molecule has 0 fully saturated rings. The van der Waals surface area contributed by atoms with Crippen LogP contribution in [0.15, 0.2) is 23.1 Å². The van der Waals surface area contributed by atoms with Crippen LogP contribution < -0.4 is 10.5 Å². The monoisotopic (exact) mass is 290 g/mol. The second-order valence-electron chi connectivity index (χ2n) is 4.81. The Balaban J connectivity index is 2.90. The Morgan fingerprint density at radius 1 is 1.37 bits per heavy atom. The molecular formula is C11H15FN2O4S. The third-order valence-electron chi connectivity index (χ3n) is 1.90. The van der Waals surface area contributed by atoms with Gasteiger partial charge < -0.3 is 4.74 Å². The molecule has 0 unspecified atom stereocenters. The summed E-state index contributed by atoms with van der Waals surface area (Å²) < 4.78 is 40.5. The normalized spacial score (nSPS) is 12.1. The van der Waals surface area contributed by atoms with Gasteiger partial charge in [-0.3, -0.25) is 5.32 Å². The molecule has 0 aliphatic rings. The molecule has 0 aliphatic heterocycles. The van der Waals surface area contributed by atoms with E-state index in [1.807, 2.05) is 0 Å². The molecule has 1 amide bonds. The number of halogens is 1. The van der Waals surface area contributed by atoms with Crippen molar-refractivity contribution in [1.29, 1.82) is 0 Å². The van der Waals surface area contributed by atoms with Gasteiger partial charge in [0.2, 0.25) is 10.0 Å². The summed E-state index contributed by atoms with van der Waals surface area (Å²) in [5.74, 6) is -0.919. The first-order chi connectivity index (χ1) is 8.49. The van der Waals surface area contributed by atoms with Crippen LogP contribution in [0, 0.1) is 5.82 Å². The molecule has 0 bridgehead atoms. The molecule has 0 saturated heterocycles. The zero-order valence-electron chi connectivity index (χ0n) is 10.7. The minimum absolute atomic E-state index is 0.193. The van der Waals surface area contributed by atoms with Crippen LogP contribution >= 0.6 is 0 Å². The van der Waals surface area contributed by atoms with E-state index in [-0.39, 0.29) is 10.6 Å². The fourth-order valence-corrected chi connectivity index (χ4v) is 1.71. The second-order valence-corrected chi connectivity index (χ2v) is 6.37. The van der Waals surface area contributed by atoms with Crippen LogP contribution in [0.5, 0.6) is 0 Å². The minimum Gasteiger partial charge on any atom is -0.444 e. The molecule has 0 heterocycles. The van der Waals surface area contributed by atoms with Gasteiger partial charge in [-0.2, -0.15) is 0 Å². The summed E-state index contributed by atoms with van der Waals surface area (Å²) in [5.41, 5.74) is -0.914. The van der Waals surface area contributed by atoms with Crippen LogP contribution in [-0.2, 0) is 14.8 Å². The topological polar surface area (TPSA) is 98.5 Å². The van der Waals surface area contributed by atoms with Gasteiger partial charge in [0.05, 0.1) is 10.6 Å². The fraction of sp³-hybridized carbons (Fsp3) is 0.364. The smallest absolute Gasteiger partial charge is 0.412 e. The second kappa shape index (κ2) is 5.14. The van der Waals surface area contributed by atoms with Gasteiger partial charge in [-0.25, -0.2) is 22.7 Å². The zero-order chi connectivity index (χ0) is 14.8. The van der Waals surface area contributed by atoms with Gasteiger partial charge >= 0.3 is 6.09 Å². The fourth-order valence-electron chi connectivity index (χ4n) is 1.19. The molecule has 1 aromatic carbocycles. The van der Waals surface area contributed by atoms with Crippen LogP contribution in [0.4, 0.5) is 14.9 Å². The molecule has 0 spiro atoms. The molecule has 106 valence electrons. The van der Waals surface area contributed by atoms with Gasteiger partial charge in [0, 0.05) is 0 Å². The summed E-state index contributed by atoms with van der Waals surface area (Å²) in [6, 6.07) is 2.91. The Morgan fingerprint density at radius 3 is 2.37 bits per heavy atom. The first kappa shape index (κ1) is 15.4. The average molecular weight is 290 g/mol. The molecule has 0 radical (unpaired) electrons. The third kappa shape index (κ3) is 4.84. The summed E-state index contributed by atoms with van der Waals surface area (Å²) in [6.07, 6.45) is -0.838. The summed E-state index contributed by atoms with van der Waals surface area (Å²) >= 11 is 0. The van der Waals surface area contributed by atoms with E-state index in [1.165, 1.54) is 0 Å². The van der Waals surface area contributed by atoms with E-state index >= 15 is 0 Å². The first-order valence-electron chi connectivity index (χ1n) is 5.31. The highest BCUT2D eigenvalue weighted by Crippen LogP contribution is 2.19. The standard InChI is InChI=1S/C11H15FN2O4S/c1-11(2,3)18-10(15)14-9-5-4-7(6-8(9)12)19(13,16)17/h4-6H,1-3H3,(H,14,15)(H2,13,16,17). The number of carbonyl (C=O) groups excluding carboxylic acids is 1. The van der Waals surface area contributed by atoms with Gasteiger partial charge in [-0.15, -0.1) is 0 Å². The molecule has 1 aromatic rings. The number of hydrogen-bond donors (Lipinski definition) is 2. The number of anilines is 1. The molecule has 6 nitrogen and oxygen atoms in total. The highest BCUT2D eigenvalue weighted by molar-refractivity contribution is 7.89. The lowest BCUT2D eigenvalue weighted by molar-refractivity contribution is 0.0635. The van der Waals surface area contributed by atoms with Crippen LogP contribution in [0.3, 0.4) is 0 Å². The van der Waals surface area contributed by atoms with E-state index in [0.717, 1.165) is 18.2 Å². The molecule has 1 rings (SSSR count). The third-order valence-corrected chi connectivity index (χ3v) is 2.82. The number of carbonyl (C=O) groups is 1. The SMILES string of the molecule is CC(C)(C)OC(=O)Nc1ccc(S(N)(=O)=O)cc1F. The summed E-state index contributed by atoms with van der Waals surface area (Å²) in [5, 5.41) is 7.03. The highest BCUT2D eigenvalue weighted by Gasteiger charge is 2.18. The first-order valence-corrected chi connectivity index (χ1v) is 6.86. The number of rotatable bonds is 2. The van der Waals surface area contributed by atoms with E-state index < -0.39 is 27.5 Å². The molecule has 0 atom stereocenters. The van der Waals surface area contributed by atoms with Crippen molar-refractivity contribution in [3.8, 4) is 0 Å². The molecule has 0 aromatic heterocycles. The van der Waals surface area contributed by atoms with Crippen molar-refractivity contribution in [3.05, 3.63) is 24.0 Å². The van der Waals surface area contributed by atoms with Crippen molar-refractivity contribution in [1.82, 2.24) is 0 Å². The van der Waals surface area contributed by atoms with Crippen LogP contribution in [0.2, 0.25) is 0 Å². The molecule has 0 aliphatic carbocycles. The number of benzene rings is 1. The number of nitrogens with one attached hydrogen (secondary N) is 1. The lowest BCUT2D eigenvalue weighted by Gasteiger charge is -2.19. The summed E-state index contributed by atoms with van der Waals surface area (Å²) in [7, 11) is -3.98. The van der Waals surface area contributed by atoms with Crippen LogP contribution in [0.1, 0.15) is 20.8 Å². The summed E-state index contributed by atoms with van der Waals surface area (Å²) in [4.78, 5) is 11.0. The highest BCUT2D eigenvalue weighted by atomic mass is 32.2. The largest absolute Gasteiger partial charge is 0.444 e. The van der Waals surface area contributed by atoms with E-state index in [1.54, 1.807) is 20.8 Å². The molecule has 3 N–H and O–H groups in total. The van der Waals surface area contributed by atoms with Gasteiger partial charge in [0.1, 0.15) is 11.4 Å². The Labute approximate surface area is 110 Å². The minimum atomic E-state index is -3.98. The zero-order valence-corrected chi connectivity index (χ0v) is 11.5. The Kier molecular flexibility index (Phi) is 4.16. The molecule has 0 saturated carbocycles. The van der Waals surface area contributed by atoms with E-state index in [2.05, 4.69) is 5.32 Å². The number of hydrogen-bond acceptors (Lipinski definition) is 4. The van der Waals surface area contributed by atoms with Gasteiger partial charge in [-0.1, -0.05) is 0 Å². The van der Waals surface area contributed by atoms with Crippen molar-refractivity contribution in [3.63, 3.8) is 0 Å². The maximum Gasteiger partial charge on any atom is 0.412 e. The lowest BCUT2D eigenvalue weighted by Crippen LogP contribution is -2.27. The van der Waals surface area contributed by atoms with Crippen LogP contribution in [0.25, 0.3) is 0 Å². The van der Waals surface area contributed by atoms with Crippen molar-refractivity contribution in [2.75, 3.05) is 5.32 Å². The van der Waals surface area contributed by atoms with Gasteiger partial charge in [0.25, 0.3) is 0 Å². The Morgan fingerprint density at radius 2 is 1.95 bits per heavy atom. The Bertz CT molecular complexity index is 593. The molecule has 19 heavy (non-hydrogen) atoms. The van der Waals surface area contributed by atoms with Crippen molar-refractivity contribution in [2.45, 2.75) is 31.3 Å². The van der Waals surface area contributed by atoms with E-state index in [9.17, 15) is 17.6 Å².